The molecule has 0 saturated carbocycles. The van der Waals surface area contributed by atoms with E-state index in [2.05, 4.69) is 0 Å². The summed E-state index contributed by atoms with van der Waals surface area (Å²) in [5.41, 5.74) is -0.0218. The summed E-state index contributed by atoms with van der Waals surface area (Å²) in [5, 5.41) is 0. The van der Waals surface area contributed by atoms with Crippen LogP contribution in [0.25, 0.3) is 0 Å². The molecule has 0 aromatic heterocycles. The number of ether oxygens (including phenoxy) is 2. The summed E-state index contributed by atoms with van der Waals surface area (Å²) < 4.78 is 38.1. The molecular weight excluding hydrogens is 316 g/mol. The van der Waals surface area contributed by atoms with Crippen LogP contribution in [0.3, 0.4) is 0 Å². The first-order valence-electron chi connectivity index (χ1n) is 7.70. The van der Waals surface area contributed by atoms with Gasteiger partial charge in [-0.05, 0) is 31.2 Å². The van der Waals surface area contributed by atoms with Crippen molar-refractivity contribution in [3.8, 4) is 11.5 Å². The maximum Gasteiger partial charge on any atom is 0.254 e. The van der Waals surface area contributed by atoms with Gasteiger partial charge in [-0.2, -0.15) is 0 Å². The molecule has 4 nitrogen and oxygen atoms in total. The van der Waals surface area contributed by atoms with Gasteiger partial charge in [0.1, 0.15) is 18.2 Å². The standard InChI is InChI=1S/C18H17F2NO3/c1-2-21(18(22)12-7-13(19)9-14(20)8-12)10-15-11-23-16-5-3-4-6-17(16)24-15/h3-9,15H,2,10-11H2,1H3. The highest BCUT2D eigenvalue weighted by atomic mass is 19.1. The Labute approximate surface area is 138 Å². The molecule has 1 aliphatic rings. The van der Waals surface area contributed by atoms with Gasteiger partial charge in [-0.3, -0.25) is 4.79 Å². The highest BCUT2D eigenvalue weighted by Crippen LogP contribution is 2.31. The van der Waals surface area contributed by atoms with E-state index in [0.29, 0.717) is 24.7 Å². The largest absolute Gasteiger partial charge is 0.486 e. The van der Waals surface area contributed by atoms with E-state index in [4.69, 9.17) is 9.47 Å². The zero-order valence-electron chi connectivity index (χ0n) is 13.2. The molecule has 126 valence electrons. The van der Waals surface area contributed by atoms with Crippen LogP contribution in [0, 0.1) is 11.6 Å². The Morgan fingerprint density at radius 1 is 1.17 bits per heavy atom. The molecule has 24 heavy (non-hydrogen) atoms. The van der Waals surface area contributed by atoms with Gasteiger partial charge in [0.15, 0.2) is 17.6 Å². The van der Waals surface area contributed by atoms with Crippen LogP contribution in [0.15, 0.2) is 42.5 Å². The first kappa shape index (κ1) is 16.2. The summed E-state index contributed by atoms with van der Waals surface area (Å²) in [5.74, 6) is -0.719. The lowest BCUT2D eigenvalue weighted by molar-refractivity contribution is 0.0474. The van der Waals surface area contributed by atoms with Crippen molar-refractivity contribution in [1.82, 2.24) is 4.90 Å². The van der Waals surface area contributed by atoms with E-state index in [0.717, 1.165) is 18.2 Å². The van der Waals surface area contributed by atoms with Gasteiger partial charge in [-0.15, -0.1) is 0 Å². The topological polar surface area (TPSA) is 38.8 Å². The predicted molar refractivity (Wildman–Crippen MR) is 84.3 cm³/mol. The number of hydrogen-bond acceptors (Lipinski definition) is 3. The van der Waals surface area contributed by atoms with Crippen LogP contribution < -0.4 is 9.47 Å². The van der Waals surface area contributed by atoms with Gasteiger partial charge in [0.25, 0.3) is 5.91 Å². The maximum atomic E-state index is 13.3. The summed E-state index contributed by atoms with van der Waals surface area (Å²) in [6, 6.07) is 10.1. The molecule has 0 fully saturated rings. The Kier molecular flexibility index (Phi) is 4.64. The number of carbonyl (C=O) groups excluding carboxylic acids is 1. The number of fused-ring (bicyclic) bond motifs is 1. The molecule has 1 amide bonds. The zero-order chi connectivity index (χ0) is 17.1. The molecule has 0 aliphatic carbocycles. The van der Waals surface area contributed by atoms with Crippen LogP contribution in [0.2, 0.25) is 0 Å². The fourth-order valence-corrected chi connectivity index (χ4v) is 2.61. The van der Waals surface area contributed by atoms with Gasteiger partial charge in [0.2, 0.25) is 0 Å². The van der Waals surface area contributed by atoms with E-state index in [9.17, 15) is 13.6 Å². The Balaban J connectivity index is 1.72. The van der Waals surface area contributed by atoms with Crippen molar-refractivity contribution in [2.45, 2.75) is 13.0 Å². The Hall–Kier alpha value is -2.63. The zero-order valence-corrected chi connectivity index (χ0v) is 13.2. The lowest BCUT2D eigenvalue weighted by Gasteiger charge is -2.31. The second-order valence-electron chi connectivity index (χ2n) is 5.50. The third-order valence-corrected chi connectivity index (χ3v) is 3.77. The fraction of sp³-hybridized carbons (Fsp3) is 0.278. The summed E-state index contributed by atoms with van der Waals surface area (Å²) in [6.07, 6.45) is -0.345. The lowest BCUT2D eigenvalue weighted by Crippen LogP contribution is -2.43. The van der Waals surface area contributed by atoms with Crippen LogP contribution in [0.4, 0.5) is 8.78 Å². The molecule has 0 saturated heterocycles. The van der Waals surface area contributed by atoms with Crippen molar-refractivity contribution in [3.05, 3.63) is 59.7 Å². The van der Waals surface area contributed by atoms with E-state index in [1.807, 2.05) is 18.2 Å². The minimum absolute atomic E-state index is 0.0218. The van der Waals surface area contributed by atoms with Gasteiger partial charge in [-0.1, -0.05) is 12.1 Å². The molecule has 2 aromatic carbocycles. The van der Waals surface area contributed by atoms with Crippen molar-refractivity contribution in [2.24, 2.45) is 0 Å². The summed E-state index contributed by atoms with van der Waals surface area (Å²) in [6.45, 7) is 2.75. The van der Waals surface area contributed by atoms with E-state index < -0.39 is 17.5 Å². The van der Waals surface area contributed by atoms with Crippen molar-refractivity contribution in [1.29, 1.82) is 0 Å². The number of hydrogen-bond donors (Lipinski definition) is 0. The number of likely N-dealkylation sites (N-methyl/N-ethyl adjacent to an activating group) is 1. The van der Waals surface area contributed by atoms with Crippen molar-refractivity contribution in [3.63, 3.8) is 0 Å². The van der Waals surface area contributed by atoms with Gasteiger partial charge >= 0.3 is 0 Å². The summed E-state index contributed by atoms with van der Waals surface area (Å²) in [4.78, 5) is 14.0. The molecule has 1 atom stereocenters. The van der Waals surface area contributed by atoms with Gasteiger partial charge < -0.3 is 14.4 Å². The van der Waals surface area contributed by atoms with E-state index >= 15 is 0 Å². The number of amides is 1. The SMILES string of the molecule is CCN(CC1COc2ccccc2O1)C(=O)c1cc(F)cc(F)c1. The fourth-order valence-electron chi connectivity index (χ4n) is 2.61. The minimum Gasteiger partial charge on any atom is -0.486 e. The molecule has 1 unspecified atom stereocenters. The third kappa shape index (κ3) is 3.48. The van der Waals surface area contributed by atoms with Crippen molar-refractivity contribution < 1.29 is 23.0 Å². The van der Waals surface area contributed by atoms with Gasteiger partial charge in [-0.25, -0.2) is 8.78 Å². The highest BCUT2D eigenvalue weighted by molar-refractivity contribution is 5.94. The first-order chi connectivity index (χ1) is 11.6. The Morgan fingerprint density at radius 2 is 1.83 bits per heavy atom. The molecular formula is C18H17F2NO3. The monoisotopic (exact) mass is 333 g/mol. The van der Waals surface area contributed by atoms with E-state index in [1.165, 1.54) is 4.90 Å². The average molecular weight is 333 g/mol. The number of halogens is 2. The Bertz CT molecular complexity index is 731. The molecule has 0 spiro atoms. The highest BCUT2D eigenvalue weighted by Gasteiger charge is 2.25. The van der Waals surface area contributed by atoms with E-state index in [1.54, 1.807) is 13.0 Å². The second-order valence-corrected chi connectivity index (χ2v) is 5.50. The van der Waals surface area contributed by atoms with E-state index in [-0.39, 0.29) is 18.2 Å². The molecule has 2 aromatic rings. The number of nitrogens with zero attached hydrogens (tertiary/aromatic N) is 1. The van der Waals surface area contributed by atoms with Gasteiger partial charge in [0, 0.05) is 18.2 Å². The molecule has 0 radical (unpaired) electrons. The third-order valence-electron chi connectivity index (χ3n) is 3.77. The molecule has 1 heterocycles. The maximum absolute atomic E-state index is 13.3. The van der Waals surface area contributed by atoms with Crippen LogP contribution in [-0.4, -0.2) is 36.6 Å². The van der Waals surface area contributed by atoms with Crippen molar-refractivity contribution >= 4 is 5.91 Å². The predicted octanol–water partition coefficient (Wildman–Crippen LogP) is 3.27. The smallest absolute Gasteiger partial charge is 0.254 e. The second kappa shape index (κ2) is 6.86. The molecule has 3 rings (SSSR count). The lowest BCUT2D eigenvalue weighted by atomic mass is 10.1. The summed E-state index contributed by atoms with van der Waals surface area (Å²) >= 11 is 0. The number of rotatable bonds is 4. The summed E-state index contributed by atoms with van der Waals surface area (Å²) in [7, 11) is 0. The number of benzene rings is 2. The minimum atomic E-state index is -0.777. The van der Waals surface area contributed by atoms with Crippen LogP contribution in [0.5, 0.6) is 11.5 Å². The number of para-hydroxylation sites is 2. The molecule has 0 bridgehead atoms. The quantitative estimate of drug-likeness (QED) is 0.862. The molecule has 0 N–H and O–H groups in total. The number of carbonyl (C=O) groups is 1. The first-order valence-corrected chi connectivity index (χ1v) is 7.70. The molecule has 1 aliphatic heterocycles. The average Bonchev–Trinajstić information content (AvgIpc) is 2.58. The Morgan fingerprint density at radius 3 is 2.50 bits per heavy atom. The normalized spacial score (nSPS) is 15.9. The van der Waals surface area contributed by atoms with Crippen LogP contribution >= 0.6 is 0 Å². The van der Waals surface area contributed by atoms with Crippen LogP contribution in [0.1, 0.15) is 17.3 Å². The van der Waals surface area contributed by atoms with Gasteiger partial charge in [0.05, 0.1) is 6.54 Å². The van der Waals surface area contributed by atoms with Crippen molar-refractivity contribution in [2.75, 3.05) is 19.7 Å². The van der Waals surface area contributed by atoms with Crippen LogP contribution in [-0.2, 0) is 0 Å². The molecule has 6 heteroatoms.